The average Bonchev–Trinajstić information content (AvgIpc) is 3.14. The van der Waals surface area contributed by atoms with Gasteiger partial charge in [0.2, 0.25) is 0 Å². The number of anilines is 1. The van der Waals surface area contributed by atoms with E-state index < -0.39 is 5.91 Å². The van der Waals surface area contributed by atoms with Gasteiger partial charge in [-0.25, -0.2) is 0 Å². The largest absolute Gasteiger partial charge is 0.495 e. The van der Waals surface area contributed by atoms with Crippen molar-refractivity contribution in [2.45, 2.75) is 6.92 Å². The number of ether oxygens (including phenoxy) is 1. The van der Waals surface area contributed by atoms with Crippen LogP contribution in [0, 0.1) is 6.92 Å². The fourth-order valence-electron chi connectivity index (χ4n) is 4.20. The van der Waals surface area contributed by atoms with Gasteiger partial charge in [0.1, 0.15) is 11.3 Å². The first kappa shape index (κ1) is 23.1. The van der Waals surface area contributed by atoms with Crippen molar-refractivity contribution in [2.24, 2.45) is 7.05 Å². The highest BCUT2D eigenvalue weighted by molar-refractivity contribution is 9.10. The third-order valence-electron chi connectivity index (χ3n) is 5.91. The van der Waals surface area contributed by atoms with Crippen molar-refractivity contribution in [3.05, 3.63) is 91.8 Å². The van der Waals surface area contributed by atoms with Gasteiger partial charge in [-0.05, 0) is 64.8 Å². The van der Waals surface area contributed by atoms with Crippen molar-refractivity contribution in [2.75, 3.05) is 12.4 Å². The molecule has 5 aromatic rings. The molecule has 0 radical (unpaired) electrons. The number of carbonyl (C=O) groups is 1. The summed E-state index contributed by atoms with van der Waals surface area (Å²) in [4.78, 5) is 27.3. The summed E-state index contributed by atoms with van der Waals surface area (Å²) >= 11 is 9.83. The van der Waals surface area contributed by atoms with E-state index in [1.54, 1.807) is 29.8 Å². The number of aryl methyl sites for hydroxylation is 2. The van der Waals surface area contributed by atoms with Crippen LogP contribution in [0.3, 0.4) is 0 Å². The molecule has 0 unspecified atom stereocenters. The molecular weight excluding hydrogens is 532 g/mol. The molecule has 1 N–H and O–H groups in total. The molecule has 3 aromatic carbocycles. The van der Waals surface area contributed by atoms with Crippen LogP contribution in [0.2, 0.25) is 5.02 Å². The lowest BCUT2D eigenvalue weighted by Gasteiger charge is -2.12. The number of nitrogens with zero attached hydrogens (tertiary/aromatic N) is 3. The third-order valence-corrected chi connectivity index (χ3v) is 6.86. The van der Waals surface area contributed by atoms with Gasteiger partial charge < -0.3 is 14.6 Å². The second-order valence-corrected chi connectivity index (χ2v) is 9.38. The second-order valence-electron chi connectivity index (χ2n) is 8.12. The van der Waals surface area contributed by atoms with Crippen LogP contribution in [0.4, 0.5) is 5.69 Å². The molecule has 35 heavy (non-hydrogen) atoms. The van der Waals surface area contributed by atoms with E-state index in [1.807, 2.05) is 49.4 Å². The molecule has 0 aliphatic heterocycles. The van der Waals surface area contributed by atoms with E-state index in [2.05, 4.69) is 26.3 Å². The van der Waals surface area contributed by atoms with E-state index in [0.717, 1.165) is 20.9 Å². The quantitative estimate of drug-likeness (QED) is 0.303. The first-order valence-electron chi connectivity index (χ1n) is 10.7. The predicted octanol–water partition coefficient (Wildman–Crippen LogP) is 5.86. The van der Waals surface area contributed by atoms with Crippen LogP contribution >= 0.6 is 27.5 Å². The molecule has 0 saturated carbocycles. The fraction of sp³-hybridized carbons (Fsp3) is 0.115. The molecule has 0 aliphatic rings. The maximum Gasteiger partial charge on any atom is 0.296 e. The minimum atomic E-state index is -0.440. The van der Waals surface area contributed by atoms with Gasteiger partial charge in [0.25, 0.3) is 11.5 Å². The van der Waals surface area contributed by atoms with Gasteiger partial charge >= 0.3 is 0 Å². The first-order chi connectivity index (χ1) is 16.8. The highest BCUT2D eigenvalue weighted by Crippen LogP contribution is 2.31. The number of carbonyl (C=O) groups excluding carboxylic acids is 1. The number of halogens is 2. The van der Waals surface area contributed by atoms with Crippen LogP contribution in [0.5, 0.6) is 5.75 Å². The summed E-state index contributed by atoms with van der Waals surface area (Å²) in [7, 11) is 3.31. The number of hydrogen-bond donors (Lipinski definition) is 1. The maximum absolute atomic E-state index is 13.7. The molecule has 0 spiro atoms. The van der Waals surface area contributed by atoms with Gasteiger partial charge in [0, 0.05) is 27.8 Å². The van der Waals surface area contributed by atoms with Crippen LogP contribution in [0.15, 0.2) is 69.9 Å². The number of amides is 1. The Morgan fingerprint density at radius 1 is 1.11 bits per heavy atom. The van der Waals surface area contributed by atoms with Crippen LogP contribution in [0.25, 0.3) is 27.5 Å². The highest BCUT2D eigenvalue weighted by atomic mass is 79.9. The zero-order chi connectivity index (χ0) is 24.9. The van der Waals surface area contributed by atoms with Crippen molar-refractivity contribution >= 4 is 60.9 Å². The van der Waals surface area contributed by atoms with Gasteiger partial charge in [0.15, 0.2) is 5.69 Å². The molecule has 2 aromatic heterocycles. The molecule has 0 aliphatic carbocycles. The van der Waals surface area contributed by atoms with E-state index in [9.17, 15) is 9.59 Å². The van der Waals surface area contributed by atoms with E-state index >= 15 is 0 Å². The first-order valence-corrected chi connectivity index (χ1v) is 11.9. The van der Waals surface area contributed by atoms with Crippen molar-refractivity contribution in [3.8, 4) is 11.4 Å². The number of hydrogen-bond acceptors (Lipinski definition) is 4. The van der Waals surface area contributed by atoms with Gasteiger partial charge in [0.05, 0.1) is 23.5 Å². The van der Waals surface area contributed by atoms with Crippen molar-refractivity contribution in [3.63, 3.8) is 0 Å². The molecule has 0 fully saturated rings. The minimum absolute atomic E-state index is 0.121. The molecule has 5 rings (SSSR count). The van der Waals surface area contributed by atoms with E-state index in [4.69, 9.17) is 16.3 Å². The maximum atomic E-state index is 13.7. The summed E-state index contributed by atoms with van der Waals surface area (Å²) in [6.07, 6.45) is 0. The fourth-order valence-corrected chi connectivity index (χ4v) is 5.05. The van der Waals surface area contributed by atoms with Crippen LogP contribution < -0.4 is 15.6 Å². The molecule has 1 amide bonds. The third kappa shape index (κ3) is 3.88. The highest BCUT2D eigenvalue weighted by Gasteiger charge is 2.24. The van der Waals surface area contributed by atoms with Gasteiger partial charge in [-0.15, -0.1) is 0 Å². The summed E-state index contributed by atoms with van der Waals surface area (Å²) in [5.41, 5.74) is 3.00. The summed E-state index contributed by atoms with van der Waals surface area (Å²) in [5, 5.41) is 9.05. The Morgan fingerprint density at radius 2 is 1.89 bits per heavy atom. The van der Waals surface area contributed by atoms with Crippen molar-refractivity contribution < 1.29 is 9.53 Å². The standard InChI is InChI=1S/C26H20BrClN4O3/c1-14-8-10-19(17(27)12-14)29-25(33)23-22-16-6-4-5-7-20(16)31(2)24(22)26(34)32(30-23)15-9-11-21(35-3)18(28)13-15/h4-13H,1-3H3,(H,29,33). The Morgan fingerprint density at radius 3 is 2.60 bits per heavy atom. The number of rotatable bonds is 4. The lowest BCUT2D eigenvalue weighted by molar-refractivity contribution is 0.102. The molecule has 0 atom stereocenters. The van der Waals surface area contributed by atoms with Gasteiger partial charge in [-0.1, -0.05) is 35.9 Å². The normalized spacial score (nSPS) is 11.2. The number of benzene rings is 3. The average molecular weight is 552 g/mol. The monoisotopic (exact) mass is 550 g/mol. The summed E-state index contributed by atoms with van der Waals surface area (Å²) in [6.45, 7) is 1.97. The molecule has 2 heterocycles. The van der Waals surface area contributed by atoms with Crippen molar-refractivity contribution in [1.82, 2.24) is 14.3 Å². The Hall–Kier alpha value is -3.62. The van der Waals surface area contributed by atoms with Crippen LogP contribution in [0.1, 0.15) is 16.1 Å². The van der Waals surface area contributed by atoms with E-state index in [-0.39, 0.29) is 11.3 Å². The Kier molecular flexibility index (Phi) is 5.86. The van der Waals surface area contributed by atoms with Gasteiger partial charge in [-0.3, -0.25) is 9.59 Å². The van der Waals surface area contributed by atoms with Gasteiger partial charge in [-0.2, -0.15) is 9.78 Å². The summed E-state index contributed by atoms with van der Waals surface area (Å²) in [6, 6.07) is 18.1. The Bertz CT molecular complexity index is 1710. The molecule has 0 saturated heterocycles. The zero-order valence-electron chi connectivity index (χ0n) is 19.1. The number of fused-ring (bicyclic) bond motifs is 3. The minimum Gasteiger partial charge on any atom is -0.495 e. The second kappa shape index (κ2) is 8.87. The van der Waals surface area contributed by atoms with Crippen LogP contribution in [-0.2, 0) is 7.05 Å². The molecule has 9 heteroatoms. The topological polar surface area (TPSA) is 78.2 Å². The lowest BCUT2D eigenvalue weighted by atomic mass is 10.1. The molecule has 7 nitrogen and oxygen atoms in total. The summed E-state index contributed by atoms with van der Waals surface area (Å²) < 4.78 is 8.96. The molecule has 176 valence electrons. The van der Waals surface area contributed by atoms with Crippen LogP contribution in [-0.4, -0.2) is 27.4 Å². The number of methoxy groups -OCH3 is 1. The number of aromatic nitrogens is 3. The Labute approximate surface area is 214 Å². The van der Waals surface area contributed by atoms with E-state index in [0.29, 0.717) is 33.0 Å². The van der Waals surface area contributed by atoms with Crippen molar-refractivity contribution in [1.29, 1.82) is 0 Å². The smallest absolute Gasteiger partial charge is 0.296 e. The lowest BCUT2D eigenvalue weighted by Crippen LogP contribution is -2.27. The predicted molar refractivity (Wildman–Crippen MR) is 142 cm³/mol. The zero-order valence-corrected chi connectivity index (χ0v) is 21.4. The Balaban J connectivity index is 1.79. The molecule has 0 bridgehead atoms. The molecular formula is C26H20BrClN4O3. The SMILES string of the molecule is COc1ccc(-n2nc(C(=O)Nc3ccc(C)cc3Br)c3c4ccccc4n(C)c3c2=O)cc1Cl. The number of para-hydroxylation sites is 1. The van der Waals surface area contributed by atoms with E-state index in [1.165, 1.54) is 11.8 Å². The summed E-state index contributed by atoms with van der Waals surface area (Å²) in [5.74, 6) is 0.0283. The number of nitrogens with one attached hydrogen (secondary N) is 1.